The van der Waals surface area contributed by atoms with Crippen LogP contribution in [0.25, 0.3) is 0 Å². The van der Waals surface area contributed by atoms with Gasteiger partial charge in [-0.1, -0.05) is 26.2 Å². The molecule has 1 fully saturated rings. The van der Waals surface area contributed by atoms with Gasteiger partial charge in [0.05, 0.1) is 6.20 Å². The third kappa shape index (κ3) is 2.91. The lowest BCUT2D eigenvalue weighted by Gasteiger charge is -2.22. The number of nitrogens with zero attached hydrogens (tertiary/aromatic N) is 2. The van der Waals surface area contributed by atoms with Crippen molar-refractivity contribution in [2.75, 3.05) is 5.32 Å². The predicted molar refractivity (Wildman–Crippen MR) is 61.7 cm³/mol. The predicted octanol–water partition coefficient (Wildman–Crippen LogP) is 2.86. The molecule has 0 spiro atoms. The van der Waals surface area contributed by atoms with Gasteiger partial charge in [0.25, 0.3) is 0 Å². The van der Waals surface area contributed by atoms with Gasteiger partial charge in [-0.05, 0) is 18.8 Å². The SMILES string of the molecule is CC1CCCCCC1Nc1cnccn1. The van der Waals surface area contributed by atoms with Crippen LogP contribution in [0.15, 0.2) is 18.6 Å². The van der Waals surface area contributed by atoms with E-state index in [1.807, 2.05) is 0 Å². The van der Waals surface area contributed by atoms with E-state index in [1.54, 1.807) is 18.6 Å². The molecule has 0 amide bonds. The molecule has 1 heterocycles. The smallest absolute Gasteiger partial charge is 0.144 e. The molecule has 0 radical (unpaired) electrons. The van der Waals surface area contributed by atoms with Crippen LogP contribution in [-0.2, 0) is 0 Å². The van der Waals surface area contributed by atoms with E-state index in [9.17, 15) is 0 Å². The summed E-state index contributed by atoms with van der Waals surface area (Å²) in [6, 6.07) is 0.573. The summed E-state index contributed by atoms with van der Waals surface area (Å²) in [4.78, 5) is 8.34. The Morgan fingerprint density at radius 1 is 1.20 bits per heavy atom. The molecule has 2 unspecified atom stereocenters. The second kappa shape index (κ2) is 5.10. The molecule has 1 aromatic heterocycles. The Morgan fingerprint density at radius 2 is 2.07 bits per heavy atom. The quantitative estimate of drug-likeness (QED) is 0.754. The topological polar surface area (TPSA) is 37.8 Å². The molecule has 0 aliphatic heterocycles. The highest BCUT2D eigenvalue weighted by Crippen LogP contribution is 2.24. The minimum atomic E-state index is 0.573. The maximum absolute atomic E-state index is 4.26. The number of nitrogens with one attached hydrogen (secondary N) is 1. The fourth-order valence-corrected chi connectivity index (χ4v) is 2.27. The number of anilines is 1. The first-order valence-corrected chi connectivity index (χ1v) is 5.89. The van der Waals surface area contributed by atoms with Crippen molar-refractivity contribution in [2.24, 2.45) is 5.92 Å². The van der Waals surface area contributed by atoms with Crippen LogP contribution in [0, 0.1) is 5.92 Å². The zero-order chi connectivity index (χ0) is 10.5. The van der Waals surface area contributed by atoms with Crippen LogP contribution in [0.5, 0.6) is 0 Å². The Hall–Kier alpha value is -1.12. The zero-order valence-corrected chi connectivity index (χ0v) is 9.32. The van der Waals surface area contributed by atoms with Crippen LogP contribution in [0.2, 0.25) is 0 Å². The number of hydrogen-bond acceptors (Lipinski definition) is 3. The highest BCUT2D eigenvalue weighted by Gasteiger charge is 2.19. The Kier molecular flexibility index (Phi) is 3.54. The molecule has 82 valence electrons. The molecule has 2 atom stereocenters. The van der Waals surface area contributed by atoms with Gasteiger partial charge in [-0.3, -0.25) is 4.98 Å². The second-order valence-corrected chi connectivity index (χ2v) is 4.46. The van der Waals surface area contributed by atoms with Gasteiger partial charge < -0.3 is 5.32 Å². The van der Waals surface area contributed by atoms with Crippen molar-refractivity contribution in [2.45, 2.75) is 45.1 Å². The molecule has 0 bridgehead atoms. The van der Waals surface area contributed by atoms with Gasteiger partial charge in [0.1, 0.15) is 5.82 Å². The maximum atomic E-state index is 4.26. The van der Waals surface area contributed by atoms with Crippen molar-refractivity contribution in [3.8, 4) is 0 Å². The van der Waals surface area contributed by atoms with Crippen LogP contribution >= 0.6 is 0 Å². The Balaban J connectivity index is 1.97. The second-order valence-electron chi connectivity index (χ2n) is 4.46. The van der Waals surface area contributed by atoms with E-state index in [4.69, 9.17) is 0 Å². The molecule has 1 N–H and O–H groups in total. The maximum Gasteiger partial charge on any atom is 0.144 e. The fourth-order valence-electron chi connectivity index (χ4n) is 2.27. The molecule has 3 nitrogen and oxygen atoms in total. The van der Waals surface area contributed by atoms with Gasteiger partial charge in [0.15, 0.2) is 0 Å². The molecule has 2 rings (SSSR count). The molecule has 0 aromatic carbocycles. The largest absolute Gasteiger partial charge is 0.366 e. The third-order valence-electron chi connectivity index (χ3n) is 3.26. The lowest BCUT2D eigenvalue weighted by atomic mass is 9.97. The van der Waals surface area contributed by atoms with Gasteiger partial charge in [-0.2, -0.15) is 0 Å². The summed E-state index contributed by atoms with van der Waals surface area (Å²) < 4.78 is 0. The van der Waals surface area contributed by atoms with E-state index in [0.29, 0.717) is 6.04 Å². The highest BCUT2D eigenvalue weighted by molar-refractivity contribution is 5.31. The summed E-state index contributed by atoms with van der Waals surface area (Å²) in [5, 5.41) is 3.50. The molecular formula is C12H19N3. The average molecular weight is 205 g/mol. The van der Waals surface area contributed by atoms with E-state index < -0.39 is 0 Å². The first kappa shape index (κ1) is 10.4. The fraction of sp³-hybridized carbons (Fsp3) is 0.667. The standard InChI is InChI=1S/C12H19N3/c1-10-5-3-2-4-6-11(10)15-12-9-13-7-8-14-12/h7-11H,2-6H2,1H3,(H,14,15). The monoisotopic (exact) mass is 205 g/mol. The molecular weight excluding hydrogens is 186 g/mol. The summed E-state index contributed by atoms with van der Waals surface area (Å²) in [6.45, 7) is 2.33. The number of aromatic nitrogens is 2. The summed E-state index contributed by atoms with van der Waals surface area (Å²) in [5.74, 6) is 1.66. The van der Waals surface area contributed by atoms with Crippen LogP contribution in [0.1, 0.15) is 39.0 Å². The van der Waals surface area contributed by atoms with Crippen molar-refractivity contribution in [3.05, 3.63) is 18.6 Å². The highest BCUT2D eigenvalue weighted by atomic mass is 15.0. The average Bonchev–Trinajstić information content (AvgIpc) is 2.46. The van der Waals surface area contributed by atoms with E-state index in [2.05, 4.69) is 22.2 Å². The summed E-state index contributed by atoms with van der Waals surface area (Å²) >= 11 is 0. The van der Waals surface area contributed by atoms with Crippen LogP contribution < -0.4 is 5.32 Å². The first-order chi connectivity index (χ1) is 7.36. The van der Waals surface area contributed by atoms with Crippen LogP contribution in [-0.4, -0.2) is 16.0 Å². The summed E-state index contributed by atoms with van der Waals surface area (Å²) in [6.07, 6.45) is 11.9. The zero-order valence-electron chi connectivity index (χ0n) is 9.32. The van der Waals surface area contributed by atoms with Gasteiger partial charge in [0.2, 0.25) is 0 Å². The normalized spacial score (nSPS) is 27.0. The summed E-state index contributed by atoms with van der Waals surface area (Å²) in [5.41, 5.74) is 0. The summed E-state index contributed by atoms with van der Waals surface area (Å²) in [7, 11) is 0. The van der Waals surface area contributed by atoms with Gasteiger partial charge in [-0.15, -0.1) is 0 Å². The molecule has 1 aromatic rings. The van der Waals surface area contributed by atoms with E-state index in [-0.39, 0.29) is 0 Å². The van der Waals surface area contributed by atoms with E-state index in [1.165, 1.54) is 32.1 Å². The molecule has 0 saturated heterocycles. The van der Waals surface area contributed by atoms with Crippen LogP contribution in [0.4, 0.5) is 5.82 Å². The van der Waals surface area contributed by atoms with Crippen molar-refractivity contribution in [1.82, 2.24) is 9.97 Å². The molecule has 3 heteroatoms. The third-order valence-corrected chi connectivity index (χ3v) is 3.26. The lowest BCUT2D eigenvalue weighted by Crippen LogP contribution is -2.26. The Labute approximate surface area is 91.3 Å². The number of hydrogen-bond donors (Lipinski definition) is 1. The minimum Gasteiger partial charge on any atom is -0.366 e. The first-order valence-electron chi connectivity index (χ1n) is 5.89. The molecule has 15 heavy (non-hydrogen) atoms. The van der Waals surface area contributed by atoms with Crippen LogP contribution in [0.3, 0.4) is 0 Å². The van der Waals surface area contributed by atoms with E-state index in [0.717, 1.165) is 11.7 Å². The van der Waals surface area contributed by atoms with Crippen molar-refractivity contribution >= 4 is 5.82 Å². The molecule has 1 saturated carbocycles. The minimum absolute atomic E-state index is 0.573. The van der Waals surface area contributed by atoms with Crippen molar-refractivity contribution < 1.29 is 0 Å². The van der Waals surface area contributed by atoms with E-state index >= 15 is 0 Å². The van der Waals surface area contributed by atoms with Crippen molar-refractivity contribution in [3.63, 3.8) is 0 Å². The van der Waals surface area contributed by atoms with Crippen molar-refractivity contribution in [1.29, 1.82) is 0 Å². The molecule has 1 aliphatic rings. The number of rotatable bonds is 2. The molecule has 1 aliphatic carbocycles. The lowest BCUT2D eigenvalue weighted by molar-refractivity contribution is 0.455. The Morgan fingerprint density at radius 3 is 2.87 bits per heavy atom. The van der Waals surface area contributed by atoms with Gasteiger partial charge in [-0.25, -0.2) is 4.98 Å². The van der Waals surface area contributed by atoms with Gasteiger partial charge >= 0.3 is 0 Å². The van der Waals surface area contributed by atoms with Gasteiger partial charge in [0, 0.05) is 18.4 Å². The Bertz CT molecular complexity index is 286.